The molecule has 0 saturated carbocycles. The Morgan fingerprint density at radius 2 is 2.41 bits per heavy atom. The average molecular weight is 238 g/mol. The molecule has 0 atom stereocenters. The molecule has 0 unspecified atom stereocenters. The lowest BCUT2D eigenvalue weighted by atomic mass is 10.2. The first-order valence-electron chi connectivity index (χ1n) is 5.89. The minimum absolute atomic E-state index is 0.324. The molecule has 1 aromatic rings. The van der Waals surface area contributed by atoms with Crippen LogP contribution in [0.1, 0.15) is 22.5 Å². The number of nitrogens with one attached hydrogen (secondary N) is 1. The summed E-state index contributed by atoms with van der Waals surface area (Å²) in [7, 11) is 1.37. The molecule has 17 heavy (non-hydrogen) atoms. The number of hydrogen-bond donors (Lipinski definition) is 1. The molecule has 0 radical (unpaired) electrons. The van der Waals surface area contributed by atoms with Crippen LogP contribution in [0.15, 0.2) is 16.7 Å². The SMILES string of the molecule is COC(=O)c1occc1CN1CCCNCC1. The topological polar surface area (TPSA) is 54.7 Å². The number of ether oxygens (including phenoxy) is 1. The van der Waals surface area contributed by atoms with E-state index in [1.54, 1.807) is 0 Å². The van der Waals surface area contributed by atoms with Crippen LogP contribution in [0.3, 0.4) is 0 Å². The van der Waals surface area contributed by atoms with Crippen LogP contribution in [0.4, 0.5) is 0 Å². The molecule has 1 N–H and O–H groups in total. The Morgan fingerprint density at radius 1 is 1.53 bits per heavy atom. The molecular formula is C12H18N2O3. The third-order valence-electron chi connectivity index (χ3n) is 2.94. The van der Waals surface area contributed by atoms with Crippen molar-refractivity contribution in [3.8, 4) is 0 Å². The van der Waals surface area contributed by atoms with E-state index in [0.717, 1.165) is 44.7 Å². The van der Waals surface area contributed by atoms with Gasteiger partial charge in [0.25, 0.3) is 0 Å². The Balaban J connectivity index is 2.02. The molecule has 1 aliphatic heterocycles. The number of esters is 1. The van der Waals surface area contributed by atoms with Crippen LogP contribution in [-0.2, 0) is 11.3 Å². The summed E-state index contributed by atoms with van der Waals surface area (Å²) in [6.45, 7) is 4.82. The molecule has 0 spiro atoms. The lowest BCUT2D eigenvalue weighted by Crippen LogP contribution is -2.28. The van der Waals surface area contributed by atoms with E-state index in [9.17, 15) is 4.79 Å². The maximum absolute atomic E-state index is 11.5. The predicted molar refractivity (Wildman–Crippen MR) is 62.8 cm³/mol. The summed E-state index contributed by atoms with van der Waals surface area (Å²) in [4.78, 5) is 13.8. The van der Waals surface area contributed by atoms with Crippen molar-refractivity contribution in [1.29, 1.82) is 0 Å². The Kier molecular flexibility index (Phi) is 4.17. The summed E-state index contributed by atoms with van der Waals surface area (Å²) in [6.07, 6.45) is 2.67. The molecule has 0 aromatic carbocycles. The highest BCUT2D eigenvalue weighted by Crippen LogP contribution is 2.15. The molecule has 1 aliphatic rings. The van der Waals surface area contributed by atoms with Gasteiger partial charge in [-0.2, -0.15) is 0 Å². The van der Waals surface area contributed by atoms with E-state index in [-0.39, 0.29) is 0 Å². The highest BCUT2D eigenvalue weighted by molar-refractivity contribution is 5.87. The average Bonchev–Trinajstić information content (AvgIpc) is 2.64. The maximum Gasteiger partial charge on any atom is 0.374 e. The number of rotatable bonds is 3. The number of carbonyl (C=O) groups excluding carboxylic acids is 1. The Morgan fingerprint density at radius 3 is 3.24 bits per heavy atom. The molecule has 1 fully saturated rings. The van der Waals surface area contributed by atoms with Crippen molar-refractivity contribution in [2.75, 3.05) is 33.3 Å². The van der Waals surface area contributed by atoms with Gasteiger partial charge >= 0.3 is 5.97 Å². The molecule has 0 bridgehead atoms. The second-order valence-electron chi connectivity index (χ2n) is 4.15. The predicted octanol–water partition coefficient (Wildman–Crippen LogP) is 0.861. The first kappa shape index (κ1) is 12.1. The molecular weight excluding hydrogens is 220 g/mol. The van der Waals surface area contributed by atoms with Crippen LogP contribution in [0.25, 0.3) is 0 Å². The van der Waals surface area contributed by atoms with Crippen LogP contribution in [0.5, 0.6) is 0 Å². The molecule has 0 amide bonds. The monoisotopic (exact) mass is 238 g/mol. The van der Waals surface area contributed by atoms with Gasteiger partial charge in [-0.15, -0.1) is 0 Å². The number of methoxy groups -OCH3 is 1. The van der Waals surface area contributed by atoms with Crippen LogP contribution in [0, 0.1) is 0 Å². The summed E-state index contributed by atoms with van der Waals surface area (Å²) in [5.41, 5.74) is 0.902. The number of nitrogens with zero attached hydrogens (tertiary/aromatic N) is 1. The van der Waals surface area contributed by atoms with Gasteiger partial charge in [-0.05, 0) is 25.6 Å². The first-order chi connectivity index (χ1) is 8.31. The van der Waals surface area contributed by atoms with Crippen molar-refractivity contribution in [2.45, 2.75) is 13.0 Å². The molecule has 1 aromatic heterocycles. The number of furan rings is 1. The second-order valence-corrected chi connectivity index (χ2v) is 4.15. The van der Waals surface area contributed by atoms with Crippen molar-refractivity contribution >= 4 is 5.97 Å². The molecule has 2 rings (SSSR count). The van der Waals surface area contributed by atoms with Crippen LogP contribution >= 0.6 is 0 Å². The largest absolute Gasteiger partial charge is 0.463 e. The summed E-state index contributed by atoms with van der Waals surface area (Å²) in [5, 5.41) is 3.35. The van der Waals surface area contributed by atoms with Gasteiger partial charge in [0.1, 0.15) is 0 Å². The second kappa shape index (κ2) is 5.84. The van der Waals surface area contributed by atoms with Gasteiger partial charge in [-0.3, -0.25) is 4.90 Å². The lowest BCUT2D eigenvalue weighted by molar-refractivity contribution is 0.0562. The quantitative estimate of drug-likeness (QED) is 0.792. The molecule has 0 aliphatic carbocycles. The Hall–Kier alpha value is -1.33. The van der Waals surface area contributed by atoms with Crippen LogP contribution in [0.2, 0.25) is 0 Å². The first-order valence-corrected chi connectivity index (χ1v) is 5.89. The van der Waals surface area contributed by atoms with E-state index in [2.05, 4.69) is 15.0 Å². The number of hydrogen-bond acceptors (Lipinski definition) is 5. The van der Waals surface area contributed by atoms with E-state index in [1.165, 1.54) is 13.4 Å². The van der Waals surface area contributed by atoms with Crippen LogP contribution in [-0.4, -0.2) is 44.2 Å². The van der Waals surface area contributed by atoms with Crippen molar-refractivity contribution in [3.05, 3.63) is 23.7 Å². The fourth-order valence-corrected chi connectivity index (χ4v) is 2.03. The van der Waals surface area contributed by atoms with Gasteiger partial charge in [-0.1, -0.05) is 0 Å². The molecule has 2 heterocycles. The molecule has 5 heteroatoms. The lowest BCUT2D eigenvalue weighted by Gasteiger charge is -2.18. The summed E-state index contributed by atoms with van der Waals surface area (Å²) >= 11 is 0. The summed E-state index contributed by atoms with van der Waals surface area (Å²) < 4.78 is 9.86. The smallest absolute Gasteiger partial charge is 0.374 e. The fourth-order valence-electron chi connectivity index (χ4n) is 2.03. The van der Waals surface area contributed by atoms with Gasteiger partial charge in [-0.25, -0.2) is 4.79 Å². The third-order valence-corrected chi connectivity index (χ3v) is 2.94. The fraction of sp³-hybridized carbons (Fsp3) is 0.583. The van der Waals surface area contributed by atoms with E-state index < -0.39 is 5.97 Å². The van der Waals surface area contributed by atoms with Crippen molar-refractivity contribution in [3.63, 3.8) is 0 Å². The molecule has 1 saturated heterocycles. The Labute approximate surface area is 101 Å². The number of carbonyl (C=O) groups is 1. The van der Waals surface area contributed by atoms with Gasteiger partial charge in [0.2, 0.25) is 5.76 Å². The summed E-state index contributed by atoms with van der Waals surface area (Å²) in [5.74, 6) is -0.0809. The van der Waals surface area contributed by atoms with E-state index in [0.29, 0.717) is 5.76 Å². The van der Waals surface area contributed by atoms with Crippen LogP contribution < -0.4 is 5.32 Å². The molecule has 5 nitrogen and oxygen atoms in total. The van der Waals surface area contributed by atoms with E-state index >= 15 is 0 Å². The van der Waals surface area contributed by atoms with Gasteiger partial charge < -0.3 is 14.5 Å². The zero-order valence-corrected chi connectivity index (χ0v) is 10.1. The van der Waals surface area contributed by atoms with Crippen molar-refractivity contribution in [1.82, 2.24) is 10.2 Å². The zero-order valence-electron chi connectivity index (χ0n) is 10.1. The minimum atomic E-state index is -0.405. The van der Waals surface area contributed by atoms with Gasteiger partial charge in [0.15, 0.2) is 0 Å². The standard InChI is InChI=1S/C12H18N2O3/c1-16-12(15)11-10(3-8-17-11)9-14-6-2-4-13-5-7-14/h3,8,13H,2,4-7,9H2,1H3. The van der Waals surface area contributed by atoms with Crippen molar-refractivity contribution < 1.29 is 13.9 Å². The zero-order chi connectivity index (χ0) is 12.1. The normalized spacial score (nSPS) is 17.7. The van der Waals surface area contributed by atoms with Gasteiger partial charge in [0.05, 0.1) is 13.4 Å². The highest BCUT2D eigenvalue weighted by atomic mass is 16.5. The maximum atomic E-state index is 11.5. The van der Waals surface area contributed by atoms with Crippen molar-refractivity contribution in [2.24, 2.45) is 0 Å². The summed E-state index contributed by atoms with van der Waals surface area (Å²) in [6, 6.07) is 1.84. The van der Waals surface area contributed by atoms with Gasteiger partial charge in [0, 0.05) is 25.2 Å². The molecule has 94 valence electrons. The van der Waals surface area contributed by atoms with E-state index in [1.807, 2.05) is 6.07 Å². The highest BCUT2D eigenvalue weighted by Gasteiger charge is 2.18. The third kappa shape index (κ3) is 3.08. The van der Waals surface area contributed by atoms with E-state index in [4.69, 9.17) is 4.42 Å². The minimum Gasteiger partial charge on any atom is -0.463 e. The Bertz CT molecular complexity index is 368.